The predicted molar refractivity (Wildman–Crippen MR) is 130 cm³/mol. The van der Waals surface area contributed by atoms with Crippen LogP contribution in [0.4, 0.5) is 0 Å². The molecule has 0 spiro atoms. The van der Waals surface area contributed by atoms with E-state index in [1.165, 1.54) is 6.92 Å². The molecule has 0 aromatic rings. The molecule has 14 nitrogen and oxygen atoms in total. The van der Waals surface area contributed by atoms with Gasteiger partial charge in [-0.05, 0) is 15.5 Å². The van der Waals surface area contributed by atoms with Crippen molar-refractivity contribution in [1.82, 2.24) is 5.32 Å². The summed E-state index contributed by atoms with van der Waals surface area (Å²) >= 11 is 3.85. The first-order valence-corrected chi connectivity index (χ1v) is 13.2. The fourth-order valence-electron chi connectivity index (χ4n) is 4.01. The molecule has 0 saturated carbocycles. The molecule has 2 aliphatic rings. The number of amides is 1. The van der Waals surface area contributed by atoms with Crippen LogP contribution in [-0.2, 0) is 42.9 Å². The molecule has 5 unspecified atom stereocenters. The van der Waals surface area contributed by atoms with Gasteiger partial charge in [0.2, 0.25) is 5.91 Å². The minimum Gasteiger partial charge on any atom is -0.479 e. The molecule has 37 heavy (non-hydrogen) atoms. The maximum Gasteiger partial charge on any atom is 0.335 e. The summed E-state index contributed by atoms with van der Waals surface area (Å²) in [5.41, 5.74) is -0.308. The summed E-state index contributed by atoms with van der Waals surface area (Å²) in [6.45, 7) is 2.24. The van der Waals surface area contributed by atoms with Crippen molar-refractivity contribution in [3.63, 3.8) is 0 Å². The highest BCUT2D eigenvalue weighted by molar-refractivity contribution is 7.81. The fraction of sp³-hybridized carbons (Fsp3) is 0.810. The van der Waals surface area contributed by atoms with Gasteiger partial charge in [0.25, 0.3) is 0 Å². The highest BCUT2D eigenvalue weighted by Gasteiger charge is 2.52. The minimum atomic E-state index is -1.75. The quantitative estimate of drug-likeness (QED) is 0.0983. The number of aliphatic hydroxyl groups is 3. The summed E-state index contributed by atoms with van der Waals surface area (Å²) in [5, 5.41) is 43.9. The van der Waals surface area contributed by atoms with Gasteiger partial charge in [0.05, 0.1) is 18.8 Å². The monoisotopic (exact) mass is 571 g/mol. The van der Waals surface area contributed by atoms with E-state index in [1.54, 1.807) is 6.92 Å². The zero-order chi connectivity index (χ0) is 27.9. The highest BCUT2D eigenvalue weighted by atomic mass is 32.1. The van der Waals surface area contributed by atoms with Crippen LogP contribution in [0.25, 0.3) is 0 Å². The Morgan fingerprint density at radius 3 is 2.30 bits per heavy atom. The van der Waals surface area contributed by atoms with Gasteiger partial charge in [-0.15, -0.1) is 0 Å². The Morgan fingerprint density at radius 1 is 1.05 bits per heavy atom. The lowest BCUT2D eigenvalue weighted by Gasteiger charge is -2.47. The molecule has 11 atom stereocenters. The summed E-state index contributed by atoms with van der Waals surface area (Å²) in [7, 11) is 0.860. The first kappa shape index (κ1) is 32.0. The van der Waals surface area contributed by atoms with Crippen LogP contribution in [0.2, 0.25) is 0 Å². The number of aliphatic carboxylic acids is 1. The first-order chi connectivity index (χ1) is 17.4. The molecular formula is C21H34NO13PS. The van der Waals surface area contributed by atoms with Crippen LogP contribution < -0.4 is 5.32 Å². The number of carboxylic acids is 1. The number of carboxylic acid groups (broad SMARTS) is 1. The number of thiol groups is 1. The average molecular weight is 572 g/mol. The van der Waals surface area contributed by atoms with Gasteiger partial charge in [0, 0.05) is 25.9 Å². The van der Waals surface area contributed by atoms with Gasteiger partial charge >= 0.3 is 5.97 Å². The molecule has 0 aromatic carbocycles. The average Bonchev–Trinajstić information content (AvgIpc) is 2.84. The summed E-state index contributed by atoms with van der Waals surface area (Å²) in [4.78, 5) is 46.7. The molecule has 0 radical (unpaired) electrons. The van der Waals surface area contributed by atoms with Crippen molar-refractivity contribution in [2.75, 3.05) is 32.2 Å². The van der Waals surface area contributed by atoms with Crippen LogP contribution in [0.3, 0.4) is 0 Å². The van der Waals surface area contributed by atoms with Gasteiger partial charge in [-0.3, -0.25) is 14.4 Å². The van der Waals surface area contributed by atoms with Crippen LogP contribution in [-0.4, -0.2) is 137 Å². The number of methoxy groups -OCH3 is 1. The van der Waals surface area contributed by atoms with E-state index in [9.17, 15) is 39.6 Å². The molecule has 16 heteroatoms. The molecule has 2 fully saturated rings. The maximum absolute atomic E-state index is 12.0. The van der Waals surface area contributed by atoms with Crippen molar-refractivity contribution in [1.29, 1.82) is 0 Å². The van der Waals surface area contributed by atoms with Gasteiger partial charge in [-0.25, -0.2) is 4.79 Å². The topological polar surface area (TPSA) is 207 Å². The van der Waals surface area contributed by atoms with Crippen molar-refractivity contribution >= 4 is 44.4 Å². The number of hydrogen-bond acceptors (Lipinski definition) is 13. The van der Waals surface area contributed by atoms with Crippen LogP contribution in [0.5, 0.6) is 0 Å². The Labute approximate surface area is 220 Å². The number of ether oxygens (including phenoxy) is 5. The third-order valence-corrected chi connectivity index (χ3v) is 7.32. The Kier molecular flexibility index (Phi) is 12.8. The number of nitrogens with one attached hydrogen (secondary N) is 1. The lowest BCUT2D eigenvalue weighted by atomic mass is 9.92. The maximum atomic E-state index is 12.0. The second kappa shape index (κ2) is 14.8. The summed E-state index contributed by atoms with van der Waals surface area (Å²) in [6.07, 6.45) is -12.8. The van der Waals surface area contributed by atoms with E-state index in [2.05, 4.69) is 17.9 Å². The van der Waals surface area contributed by atoms with Gasteiger partial charge in [0.1, 0.15) is 49.0 Å². The van der Waals surface area contributed by atoms with Crippen molar-refractivity contribution < 1.29 is 63.3 Å². The number of ketones is 1. The fourth-order valence-corrected chi connectivity index (χ4v) is 5.05. The Bertz CT molecular complexity index is 819. The molecular weight excluding hydrogens is 537 g/mol. The lowest BCUT2D eigenvalue weighted by molar-refractivity contribution is -0.327. The summed E-state index contributed by atoms with van der Waals surface area (Å²) in [5.74, 6) is -2.09. The van der Waals surface area contributed by atoms with Crippen molar-refractivity contribution in [3.8, 4) is 0 Å². The molecule has 0 aromatic heterocycles. The SMILES string of the molecule is CO[C@@H]1C(C(=O)O)O[C@@H](O[C@@H]2C(NC(C)=O)[C@H](C)OC(COCC(=O)PCC(=O)CS)[C@H]2O)C(O)[C@H]1O. The number of rotatable bonds is 13. The van der Waals surface area contributed by atoms with E-state index < -0.39 is 73.0 Å². The molecule has 212 valence electrons. The second-order valence-electron chi connectivity index (χ2n) is 8.63. The third-order valence-electron chi connectivity index (χ3n) is 5.86. The molecule has 1 amide bonds. The second-order valence-corrected chi connectivity index (χ2v) is 10.2. The molecule has 5 N–H and O–H groups in total. The molecule has 2 aliphatic heterocycles. The Morgan fingerprint density at radius 2 is 1.73 bits per heavy atom. The zero-order valence-corrected chi connectivity index (χ0v) is 22.4. The van der Waals surface area contributed by atoms with Crippen LogP contribution >= 0.6 is 21.2 Å². The zero-order valence-electron chi connectivity index (χ0n) is 20.5. The highest BCUT2D eigenvalue weighted by Crippen LogP contribution is 2.30. The molecule has 2 heterocycles. The van der Waals surface area contributed by atoms with E-state index in [0.717, 1.165) is 7.11 Å². The molecule has 0 bridgehead atoms. The number of hydrogen-bond donors (Lipinski definition) is 6. The Balaban J connectivity index is 2.12. The van der Waals surface area contributed by atoms with Gasteiger partial charge in [-0.1, -0.05) is 0 Å². The smallest absolute Gasteiger partial charge is 0.335 e. The predicted octanol–water partition coefficient (Wildman–Crippen LogP) is -2.71. The Hall–Kier alpha value is -1.26. The van der Waals surface area contributed by atoms with Gasteiger partial charge in [0.15, 0.2) is 17.9 Å². The normalized spacial score (nSPS) is 36.4. The largest absolute Gasteiger partial charge is 0.479 e. The van der Waals surface area contributed by atoms with Crippen LogP contribution in [0, 0.1) is 0 Å². The number of aliphatic hydroxyl groups excluding tert-OH is 3. The van der Waals surface area contributed by atoms with E-state index in [0.29, 0.717) is 0 Å². The van der Waals surface area contributed by atoms with E-state index in [-0.39, 0.29) is 45.0 Å². The molecule has 0 aliphatic carbocycles. The third kappa shape index (κ3) is 8.62. The standard InChI is InChI=1S/C21H34NO13PS/c1-8-13(22-9(2)23)17(34-21-16(28)15(27)18(31-3)19(35-21)20(29)30)14(26)11(33-8)4-32-5-12(25)36-6-10(24)7-37/h8,11,13-19,21,26-28,36-37H,4-7H2,1-3H3,(H,22,23)(H,29,30)/t8-,11?,13?,14+,15+,16?,17+,18-,19?,21+/m0/s1. The summed E-state index contributed by atoms with van der Waals surface area (Å²) in [6, 6.07) is -0.963. The van der Waals surface area contributed by atoms with Crippen LogP contribution in [0.1, 0.15) is 13.8 Å². The number of Topliss-reactive ketones (excluding diaryl/α,β-unsaturated/α-hetero) is 1. The van der Waals surface area contributed by atoms with E-state index in [4.69, 9.17) is 23.7 Å². The summed E-state index contributed by atoms with van der Waals surface area (Å²) < 4.78 is 27.2. The van der Waals surface area contributed by atoms with Gasteiger partial charge < -0.3 is 49.4 Å². The molecule has 2 rings (SSSR count). The number of carbonyl (C=O) groups excluding carboxylic acids is 3. The van der Waals surface area contributed by atoms with Crippen molar-refractivity contribution in [2.45, 2.75) is 75.0 Å². The lowest BCUT2D eigenvalue weighted by Crippen LogP contribution is -2.67. The minimum absolute atomic E-state index is 0.0355. The van der Waals surface area contributed by atoms with Crippen LogP contribution in [0.15, 0.2) is 0 Å². The van der Waals surface area contributed by atoms with E-state index in [1.807, 2.05) is 0 Å². The number of carbonyl (C=O) groups is 4. The van der Waals surface area contributed by atoms with E-state index >= 15 is 0 Å². The molecule has 2 saturated heterocycles. The van der Waals surface area contributed by atoms with Gasteiger partial charge in [-0.2, -0.15) is 12.6 Å². The first-order valence-electron chi connectivity index (χ1n) is 11.4. The van der Waals surface area contributed by atoms with Crippen molar-refractivity contribution in [2.24, 2.45) is 0 Å². The van der Waals surface area contributed by atoms with Crippen molar-refractivity contribution in [3.05, 3.63) is 0 Å².